The smallest absolute Gasteiger partial charge is 0.351 e. The number of carbonyl (C=O) groups excluding carboxylic acids is 1. The molecule has 0 saturated heterocycles. The van der Waals surface area contributed by atoms with E-state index in [4.69, 9.17) is 9.47 Å². The number of nitriles is 1. The minimum Gasteiger partial charge on any atom is -0.459 e. The van der Waals surface area contributed by atoms with Crippen molar-refractivity contribution in [3.05, 3.63) is 15.6 Å². The predicted molar refractivity (Wildman–Crippen MR) is 93.5 cm³/mol. The fourth-order valence-electron chi connectivity index (χ4n) is 1.48. The molecule has 0 unspecified atom stereocenters. The van der Waals surface area contributed by atoms with Gasteiger partial charge >= 0.3 is 5.97 Å². The molecule has 0 aliphatic heterocycles. The van der Waals surface area contributed by atoms with E-state index in [-0.39, 0.29) is 29.7 Å². The van der Waals surface area contributed by atoms with Crippen LogP contribution in [-0.4, -0.2) is 56.9 Å². The second-order valence-corrected chi connectivity index (χ2v) is 8.51. The van der Waals surface area contributed by atoms with Crippen LogP contribution >= 0.6 is 23.1 Å². The average Bonchev–Trinajstić information content (AvgIpc) is 3.04. The van der Waals surface area contributed by atoms with Gasteiger partial charge in [0.05, 0.1) is 18.2 Å². The molecule has 1 heterocycles. The SMILES string of the molecule is CCOCCOC(=O)/C(C#N)=C(/NCc1nnc(S(C)(=O)=O)s1)SC. The number of nitrogens with zero attached hydrogens (tertiary/aromatic N) is 3. The summed E-state index contributed by atoms with van der Waals surface area (Å²) in [6.45, 7) is 2.75. The van der Waals surface area contributed by atoms with Gasteiger partial charge in [-0.3, -0.25) is 0 Å². The van der Waals surface area contributed by atoms with Crippen LogP contribution in [0.1, 0.15) is 11.9 Å². The lowest BCUT2D eigenvalue weighted by molar-refractivity contribution is -0.140. The van der Waals surface area contributed by atoms with Gasteiger partial charge in [0.15, 0.2) is 5.57 Å². The Morgan fingerprint density at radius 3 is 2.64 bits per heavy atom. The third-order valence-corrected chi connectivity index (χ3v) is 5.93. The molecule has 25 heavy (non-hydrogen) atoms. The summed E-state index contributed by atoms with van der Waals surface area (Å²) in [5.41, 5.74) is -0.170. The lowest BCUT2D eigenvalue weighted by atomic mass is 10.3. The Hall–Kier alpha value is -1.68. The van der Waals surface area contributed by atoms with E-state index in [1.807, 2.05) is 13.0 Å². The number of carbonyl (C=O) groups is 1. The Kier molecular flexibility index (Phi) is 8.84. The third kappa shape index (κ3) is 6.99. The van der Waals surface area contributed by atoms with Gasteiger partial charge in [-0.05, 0) is 13.2 Å². The van der Waals surface area contributed by atoms with Gasteiger partial charge in [0.2, 0.25) is 14.2 Å². The van der Waals surface area contributed by atoms with Gasteiger partial charge in [0.25, 0.3) is 0 Å². The molecule has 0 fully saturated rings. The fourth-order valence-corrected chi connectivity index (χ4v) is 3.62. The standard InChI is InChI=1S/C13H18N4O5S3/c1-4-21-5-6-22-12(18)9(7-14)11(23-2)15-8-10-16-17-13(24-10)25(3,19)20/h15H,4-6,8H2,1-3H3/b11-9-. The Morgan fingerprint density at radius 2 is 2.12 bits per heavy atom. The van der Waals surface area contributed by atoms with Crippen LogP contribution in [0.4, 0.5) is 0 Å². The van der Waals surface area contributed by atoms with E-state index in [9.17, 15) is 18.5 Å². The van der Waals surface area contributed by atoms with Crippen LogP contribution < -0.4 is 5.32 Å². The molecule has 138 valence electrons. The molecule has 9 nitrogen and oxygen atoms in total. The molecular weight excluding hydrogens is 388 g/mol. The van der Waals surface area contributed by atoms with Crippen molar-refractivity contribution in [2.24, 2.45) is 0 Å². The first-order valence-corrected chi connectivity index (χ1v) is 11.0. The quantitative estimate of drug-likeness (QED) is 0.256. The van der Waals surface area contributed by atoms with Crippen molar-refractivity contribution in [1.82, 2.24) is 15.5 Å². The zero-order chi connectivity index (χ0) is 18.9. The van der Waals surface area contributed by atoms with Crippen LogP contribution in [-0.2, 0) is 30.7 Å². The van der Waals surface area contributed by atoms with E-state index in [0.29, 0.717) is 16.6 Å². The zero-order valence-electron chi connectivity index (χ0n) is 13.9. The highest BCUT2D eigenvalue weighted by molar-refractivity contribution is 8.02. The number of sulfone groups is 1. The molecular formula is C13H18N4O5S3. The van der Waals surface area contributed by atoms with Gasteiger partial charge < -0.3 is 14.8 Å². The summed E-state index contributed by atoms with van der Waals surface area (Å²) in [5, 5.41) is 20.2. The van der Waals surface area contributed by atoms with Gasteiger partial charge in [0.1, 0.15) is 17.7 Å². The predicted octanol–water partition coefficient (Wildman–Crippen LogP) is 0.709. The van der Waals surface area contributed by atoms with Crippen LogP contribution in [0.15, 0.2) is 14.9 Å². The third-order valence-electron chi connectivity index (χ3n) is 2.58. The number of nitrogens with one attached hydrogen (secondary N) is 1. The monoisotopic (exact) mass is 406 g/mol. The normalized spacial score (nSPS) is 12.2. The highest BCUT2D eigenvalue weighted by atomic mass is 32.2. The molecule has 12 heteroatoms. The average molecular weight is 407 g/mol. The first-order valence-electron chi connectivity index (χ1n) is 7.03. The van der Waals surface area contributed by atoms with Crippen LogP contribution in [0.2, 0.25) is 0 Å². The summed E-state index contributed by atoms with van der Waals surface area (Å²) < 4.78 is 32.7. The van der Waals surface area contributed by atoms with E-state index < -0.39 is 15.8 Å². The summed E-state index contributed by atoms with van der Waals surface area (Å²) in [6.07, 6.45) is 2.74. The number of ether oxygens (including phenoxy) is 2. The highest BCUT2D eigenvalue weighted by Gasteiger charge is 2.18. The van der Waals surface area contributed by atoms with Gasteiger partial charge in [-0.1, -0.05) is 11.3 Å². The molecule has 0 aliphatic carbocycles. The number of hydrogen-bond acceptors (Lipinski definition) is 11. The summed E-state index contributed by atoms with van der Waals surface area (Å²) in [5.74, 6) is -0.756. The van der Waals surface area contributed by atoms with Gasteiger partial charge in [-0.2, -0.15) is 5.26 Å². The molecule has 1 aromatic rings. The number of rotatable bonds is 10. The number of esters is 1. The summed E-state index contributed by atoms with van der Waals surface area (Å²) in [4.78, 5) is 12.0. The van der Waals surface area contributed by atoms with Crippen LogP contribution in [0.3, 0.4) is 0 Å². The van der Waals surface area contributed by atoms with Crippen molar-refractivity contribution >= 4 is 38.9 Å². The molecule has 0 aliphatic rings. The fraction of sp³-hybridized carbons (Fsp3) is 0.538. The van der Waals surface area contributed by atoms with Crippen molar-refractivity contribution in [2.45, 2.75) is 17.8 Å². The molecule has 1 N–H and O–H groups in total. The zero-order valence-corrected chi connectivity index (χ0v) is 16.4. The van der Waals surface area contributed by atoms with E-state index in [1.165, 1.54) is 0 Å². The van der Waals surface area contributed by atoms with Gasteiger partial charge in [0, 0.05) is 12.9 Å². The van der Waals surface area contributed by atoms with E-state index in [1.54, 1.807) is 6.26 Å². The highest BCUT2D eigenvalue weighted by Crippen LogP contribution is 2.18. The summed E-state index contributed by atoms with van der Waals surface area (Å²) >= 11 is 2.08. The molecule has 0 bridgehead atoms. The van der Waals surface area contributed by atoms with E-state index in [0.717, 1.165) is 29.4 Å². The van der Waals surface area contributed by atoms with Crippen molar-refractivity contribution in [1.29, 1.82) is 5.26 Å². The number of thioether (sulfide) groups is 1. The number of hydrogen-bond donors (Lipinski definition) is 1. The van der Waals surface area contributed by atoms with Crippen molar-refractivity contribution < 1.29 is 22.7 Å². The summed E-state index contributed by atoms with van der Waals surface area (Å²) in [6, 6.07) is 1.81. The van der Waals surface area contributed by atoms with Gasteiger partial charge in [-0.25, -0.2) is 13.2 Å². The van der Waals surface area contributed by atoms with Crippen molar-refractivity contribution in [2.75, 3.05) is 32.3 Å². The minimum atomic E-state index is -3.41. The maximum atomic E-state index is 12.0. The Balaban J connectivity index is 2.77. The largest absolute Gasteiger partial charge is 0.459 e. The van der Waals surface area contributed by atoms with Crippen LogP contribution in [0.5, 0.6) is 0 Å². The molecule has 1 aromatic heterocycles. The van der Waals surface area contributed by atoms with Crippen molar-refractivity contribution in [3.63, 3.8) is 0 Å². The first-order chi connectivity index (χ1) is 11.8. The van der Waals surface area contributed by atoms with E-state index in [2.05, 4.69) is 15.5 Å². The molecule has 0 aromatic carbocycles. The Bertz CT molecular complexity index is 767. The second kappa shape index (κ2) is 10.3. The molecule has 0 saturated carbocycles. The molecule has 0 atom stereocenters. The van der Waals surface area contributed by atoms with Crippen LogP contribution in [0.25, 0.3) is 0 Å². The molecule has 0 radical (unpaired) electrons. The lowest BCUT2D eigenvalue weighted by Crippen LogP contribution is -2.18. The van der Waals surface area contributed by atoms with E-state index >= 15 is 0 Å². The summed E-state index contributed by atoms with van der Waals surface area (Å²) in [7, 11) is -3.41. The van der Waals surface area contributed by atoms with Crippen molar-refractivity contribution in [3.8, 4) is 6.07 Å². The van der Waals surface area contributed by atoms with Crippen LogP contribution in [0, 0.1) is 11.3 Å². The second-order valence-electron chi connectivity index (χ2n) is 4.44. The first kappa shape index (κ1) is 21.4. The Morgan fingerprint density at radius 1 is 1.40 bits per heavy atom. The maximum absolute atomic E-state index is 12.0. The Labute approximate surface area is 154 Å². The van der Waals surface area contributed by atoms with Gasteiger partial charge in [-0.15, -0.1) is 22.0 Å². The lowest BCUT2D eigenvalue weighted by Gasteiger charge is -2.10. The molecule has 0 spiro atoms. The topological polar surface area (TPSA) is 131 Å². The minimum absolute atomic E-state index is 0.0492. The maximum Gasteiger partial charge on any atom is 0.351 e. The molecule has 0 amide bonds. The number of aromatic nitrogens is 2. The molecule has 1 rings (SSSR count).